The minimum absolute atomic E-state index is 0.178. The number of carboxylic acid groups (broad SMARTS) is 1. The average molecular weight is 263 g/mol. The molecule has 0 radical (unpaired) electrons. The quantitative estimate of drug-likeness (QED) is 0.744. The SMILES string of the molecule is Cc1cc(C)c(CCNCC(C)CC(=O)O)c(C)c1. The van der Waals surface area contributed by atoms with E-state index in [1.54, 1.807) is 0 Å². The summed E-state index contributed by atoms with van der Waals surface area (Å²) in [6, 6.07) is 4.44. The summed E-state index contributed by atoms with van der Waals surface area (Å²) < 4.78 is 0. The fraction of sp³-hybridized carbons (Fsp3) is 0.562. The van der Waals surface area contributed by atoms with Crippen LogP contribution in [0.15, 0.2) is 12.1 Å². The van der Waals surface area contributed by atoms with Gasteiger partial charge in [0.1, 0.15) is 0 Å². The van der Waals surface area contributed by atoms with Crippen molar-refractivity contribution >= 4 is 5.97 Å². The van der Waals surface area contributed by atoms with Gasteiger partial charge in [0.15, 0.2) is 0 Å². The van der Waals surface area contributed by atoms with E-state index in [4.69, 9.17) is 5.11 Å². The lowest BCUT2D eigenvalue weighted by molar-refractivity contribution is -0.137. The lowest BCUT2D eigenvalue weighted by atomic mass is 9.97. The Morgan fingerprint density at radius 2 is 1.84 bits per heavy atom. The first-order valence-electron chi connectivity index (χ1n) is 6.89. The molecule has 3 nitrogen and oxygen atoms in total. The Hall–Kier alpha value is -1.35. The van der Waals surface area contributed by atoms with E-state index in [1.807, 2.05) is 6.92 Å². The van der Waals surface area contributed by atoms with Crippen molar-refractivity contribution in [1.29, 1.82) is 0 Å². The molecule has 0 fully saturated rings. The smallest absolute Gasteiger partial charge is 0.303 e. The highest BCUT2D eigenvalue weighted by Crippen LogP contribution is 2.16. The topological polar surface area (TPSA) is 49.3 Å². The zero-order chi connectivity index (χ0) is 14.4. The van der Waals surface area contributed by atoms with Crippen LogP contribution < -0.4 is 5.32 Å². The summed E-state index contributed by atoms with van der Waals surface area (Å²) in [5.41, 5.74) is 5.40. The van der Waals surface area contributed by atoms with Gasteiger partial charge in [-0.3, -0.25) is 4.79 Å². The third-order valence-corrected chi connectivity index (χ3v) is 3.41. The number of rotatable bonds is 7. The van der Waals surface area contributed by atoms with Crippen molar-refractivity contribution in [2.45, 2.75) is 40.5 Å². The van der Waals surface area contributed by atoms with Crippen molar-refractivity contribution < 1.29 is 9.90 Å². The Kier molecular flexibility index (Phi) is 6.03. The molecule has 0 amide bonds. The first-order chi connectivity index (χ1) is 8.90. The predicted molar refractivity (Wildman–Crippen MR) is 78.6 cm³/mol. The molecule has 0 bridgehead atoms. The van der Waals surface area contributed by atoms with Crippen LogP contribution in [0.4, 0.5) is 0 Å². The Balaban J connectivity index is 2.40. The van der Waals surface area contributed by atoms with Gasteiger partial charge in [0.05, 0.1) is 0 Å². The van der Waals surface area contributed by atoms with Crippen molar-refractivity contribution in [3.8, 4) is 0 Å². The van der Waals surface area contributed by atoms with E-state index in [-0.39, 0.29) is 12.3 Å². The van der Waals surface area contributed by atoms with Crippen LogP contribution in [0.5, 0.6) is 0 Å². The van der Waals surface area contributed by atoms with Crippen LogP contribution in [0.3, 0.4) is 0 Å². The van der Waals surface area contributed by atoms with Gasteiger partial charge < -0.3 is 10.4 Å². The fourth-order valence-electron chi connectivity index (χ4n) is 2.54. The molecule has 2 N–H and O–H groups in total. The van der Waals surface area contributed by atoms with Gasteiger partial charge in [-0.2, -0.15) is 0 Å². The first-order valence-corrected chi connectivity index (χ1v) is 6.89. The van der Waals surface area contributed by atoms with Crippen LogP contribution in [0.1, 0.15) is 35.6 Å². The number of hydrogen-bond donors (Lipinski definition) is 2. The number of aryl methyl sites for hydroxylation is 3. The summed E-state index contributed by atoms with van der Waals surface area (Å²) in [4.78, 5) is 10.6. The molecule has 0 aliphatic heterocycles. The summed E-state index contributed by atoms with van der Waals surface area (Å²) in [5.74, 6) is -0.544. The van der Waals surface area contributed by atoms with Gasteiger partial charge in [-0.1, -0.05) is 24.6 Å². The van der Waals surface area contributed by atoms with E-state index in [2.05, 4.69) is 38.2 Å². The standard InChI is InChI=1S/C16H25NO2/c1-11-7-13(3)15(14(4)8-11)5-6-17-10-12(2)9-16(18)19/h7-8,12,17H,5-6,9-10H2,1-4H3,(H,18,19). The molecule has 0 heterocycles. The maximum Gasteiger partial charge on any atom is 0.303 e. The zero-order valence-corrected chi connectivity index (χ0v) is 12.4. The molecule has 0 aromatic heterocycles. The van der Waals surface area contributed by atoms with E-state index in [1.165, 1.54) is 22.3 Å². The van der Waals surface area contributed by atoms with E-state index >= 15 is 0 Å². The number of aliphatic carboxylic acids is 1. The van der Waals surface area contributed by atoms with Crippen molar-refractivity contribution in [3.05, 3.63) is 34.4 Å². The van der Waals surface area contributed by atoms with E-state index in [9.17, 15) is 4.79 Å². The highest BCUT2D eigenvalue weighted by molar-refractivity contribution is 5.66. The maximum absolute atomic E-state index is 10.6. The van der Waals surface area contributed by atoms with Crippen LogP contribution >= 0.6 is 0 Å². The summed E-state index contributed by atoms with van der Waals surface area (Å²) in [6.45, 7) is 10.1. The largest absolute Gasteiger partial charge is 0.481 e. The summed E-state index contributed by atoms with van der Waals surface area (Å²) >= 11 is 0. The molecule has 0 aliphatic rings. The number of carboxylic acids is 1. The Morgan fingerprint density at radius 1 is 1.26 bits per heavy atom. The third kappa shape index (κ3) is 5.43. The Bertz CT molecular complexity index is 417. The molecule has 1 rings (SSSR count). The molecule has 0 saturated heterocycles. The lowest BCUT2D eigenvalue weighted by Crippen LogP contribution is -2.25. The monoisotopic (exact) mass is 263 g/mol. The predicted octanol–water partition coefficient (Wildman–Crippen LogP) is 2.85. The highest BCUT2D eigenvalue weighted by atomic mass is 16.4. The Morgan fingerprint density at radius 3 is 2.37 bits per heavy atom. The van der Waals surface area contributed by atoms with E-state index in [0.717, 1.165) is 19.5 Å². The molecule has 3 heteroatoms. The number of nitrogens with one attached hydrogen (secondary N) is 1. The molecule has 0 aliphatic carbocycles. The molecule has 1 atom stereocenters. The lowest BCUT2D eigenvalue weighted by Gasteiger charge is -2.13. The fourth-order valence-corrected chi connectivity index (χ4v) is 2.54. The molecular formula is C16H25NO2. The van der Waals surface area contributed by atoms with Gasteiger partial charge in [-0.15, -0.1) is 0 Å². The number of carbonyl (C=O) groups is 1. The Labute approximate surface area is 116 Å². The second-order valence-electron chi connectivity index (χ2n) is 5.53. The van der Waals surface area contributed by atoms with Crippen molar-refractivity contribution in [3.63, 3.8) is 0 Å². The van der Waals surface area contributed by atoms with Gasteiger partial charge in [0.2, 0.25) is 0 Å². The van der Waals surface area contributed by atoms with E-state index in [0.29, 0.717) is 0 Å². The first kappa shape index (κ1) is 15.7. The van der Waals surface area contributed by atoms with E-state index < -0.39 is 5.97 Å². The van der Waals surface area contributed by atoms with Crippen LogP contribution in [-0.4, -0.2) is 24.2 Å². The minimum Gasteiger partial charge on any atom is -0.481 e. The summed E-state index contributed by atoms with van der Waals surface area (Å²) in [6.07, 6.45) is 1.23. The minimum atomic E-state index is -0.723. The molecule has 1 unspecified atom stereocenters. The van der Waals surface area contributed by atoms with Gasteiger partial charge in [0.25, 0.3) is 0 Å². The van der Waals surface area contributed by atoms with Gasteiger partial charge in [-0.05, 0) is 62.9 Å². The summed E-state index contributed by atoms with van der Waals surface area (Å²) in [7, 11) is 0. The molecular weight excluding hydrogens is 238 g/mol. The second kappa shape index (κ2) is 7.29. The normalized spacial score (nSPS) is 12.4. The maximum atomic E-state index is 10.6. The van der Waals surface area contributed by atoms with Gasteiger partial charge in [-0.25, -0.2) is 0 Å². The van der Waals surface area contributed by atoms with Crippen molar-refractivity contribution in [2.24, 2.45) is 5.92 Å². The summed E-state index contributed by atoms with van der Waals surface area (Å²) in [5, 5.41) is 12.0. The molecule has 0 spiro atoms. The number of hydrogen-bond acceptors (Lipinski definition) is 2. The molecule has 0 saturated carbocycles. The van der Waals surface area contributed by atoms with Gasteiger partial charge >= 0.3 is 5.97 Å². The molecule has 1 aromatic carbocycles. The molecule has 106 valence electrons. The van der Waals surface area contributed by atoms with Crippen LogP contribution in [0, 0.1) is 26.7 Å². The zero-order valence-electron chi connectivity index (χ0n) is 12.4. The van der Waals surface area contributed by atoms with Crippen molar-refractivity contribution in [1.82, 2.24) is 5.32 Å². The van der Waals surface area contributed by atoms with Crippen molar-refractivity contribution in [2.75, 3.05) is 13.1 Å². The number of benzene rings is 1. The third-order valence-electron chi connectivity index (χ3n) is 3.41. The van der Waals surface area contributed by atoms with Crippen LogP contribution in [-0.2, 0) is 11.2 Å². The average Bonchev–Trinajstić information content (AvgIpc) is 2.25. The molecule has 19 heavy (non-hydrogen) atoms. The molecule has 1 aromatic rings. The highest BCUT2D eigenvalue weighted by Gasteiger charge is 2.07. The van der Waals surface area contributed by atoms with Crippen LogP contribution in [0.25, 0.3) is 0 Å². The van der Waals surface area contributed by atoms with Crippen LogP contribution in [0.2, 0.25) is 0 Å². The second-order valence-corrected chi connectivity index (χ2v) is 5.53. The van der Waals surface area contributed by atoms with Gasteiger partial charge in [0, 0.05) is 6.42 Å².